The van der Waals surface area contributed by atoms with E-state index in [4.69, 9.17) is 30.5 Å². The molecule has 0 saturated carbocycles. The number of ether oxygens (including phenoxy) is 4. The van der Waals surface area contributed by atoms with Crippen LogP contribution in [0.15, 0.2) is 64.2 Å². The minimum Gasteiger partial charge on any atom is -0.493 e. The molecule has 34 heavy (non-hydrogen) atoms. The number of benzene rings is 3. The summed E-state index contributed by atoms with van der Waals surface area (Å²) in [5.74, 6) is 1.51. The van der Waals surface area contributed by atoms with E-state index >= 15 is 0 Å². The predicted octanol–water partition coefficient (Wildman–Crippen LogP) is 5.86. The molecule has 9 heteroatoms. The Morgan fingerprint density at radius 2 is 1.74 bits per heavy atom. The van der Waals surface area contributed by atoms with Crippen LogP contribution in [0.3, 0.4) is 0 Å². The third-order valence-corrected chi connectivity index (χ3v) is 5.46. The summed E-state index contributed by atoms with van der Waals surface area (Å²) in [6.45, 7) is 2.64. The summed E-state index contributed by atoms with van der Waals surface area (Å²) in [6.07, 6.45) is 1.47. The average molecular weight is 548 g/mol. The van der Waals surface area contributed by atoms with Crippen molar-refractivity contribution in [1.82, 2.24) is 5.43 Å². The number of rotatable bonds is 10. The van der Waals surface area contributed by atoms with Crippen molar-refractivity contribution in [3.63, 3.8) is 0 Å². The highest BCUT2D eigenvalue weighted by atomic mass is 79.9. The fourth-order valence-electron chi connectivity index (χ4n) is 3.01. The first-order valence-electron chi connectivity index (χ1n) is 10.3. The van der Waals surface area contributed by atoms with Gasteiger partial charge in [0.15, 0.2) is 23.0 Å². The lowest BCUT2D eigenvalue weighted by atomic mass is 10.2. The van der Waals surface area contributed by atoms with Crippen LogP contribution in [-0.2, 0) is 6.61 Å². The molecule has 0 aromatic heterocycles. The van der Waals surface area contributed by atoms with Crippen molar-refractivity contribution in [2.24, 2.45) is 5.10 Å². The van der Waals surface area contributed by atoms with Gasteiger partial charge in [-0.1, -0.05) is 39.7 Å². The van der Waals surface area contributed by atoms with Gasteiger partial charge in [-0.3, -0.25) is 4.79 Å². The topological polar surface area (TPSA) is 78.4 Å². The van der Waals surface area contributed by atoms with Gasteiger partial charge in [-0.15, -0.1) is 0 Å². The maximum absolute atomic E-state index is 12.5. The number of amides is 1. The summed E-state index contributed by atoms with van der Waals surface area (Å²) in [7, 11) is 3.07. The fraction of sp³-hybridized carbons (Fsp3) is 0.200. The van der Waals surface area contributed by atoms with Crippen molar-refractivity contribution >= 4 is 39.7 Å². The van der Waals surface area contributed by atoms with Gasteiger partial charge in [0, 0.05) is 10.0 Å². The lowest BCUT2D eigenvalue weighted by molar-refractivity contribution is 0.0954. The van der Waals surface area contributed by atoms with E-state index in [9.17, 15) is 4.79 Å². The number of hydrazone groups is 1. The standard InChI is InChI=1S/C25H24BrClN2O5/c1-4-33-22-13-18(7-10-21(22)31-2)25(30)29-28-14-17-11-20(27)24(23(12-17)32-3)34-15-16-5-8-19(26)9-6-16/h5-14H,4,15H2,1-3H3,(H,29,30)/b28-14+. The molecule has 0 fully saturated rings. The van der Waals surface area contributed by atoms with Gasteiger partial charge in [0.25, 0.3) is 5.91 Å². The third-order valence-electron chi connectivity index (χ3n) is 4.65. The molecule has 0 unspecified atom stereocenters. The molecule has 0 bridgehead atoms. The molecule has 0 radical (unpaired) electrons. The van der Waals surface area contributed by atoms with Crippen molar-refractivity contribution in [2.45, 2.75) is 13.5 Å². The Kier molecular flexibility index (Phi) is 9.18. The van der Waals surface area contributed by atoms with Gasteiger partial charge in [0.1, 0.15) is 6.61 Å². The van der Waals surface area contributed by atoms with Crippen LogP contribution in [0.5, 0.6) is 23.0 Å². The van der Waals surface area contributed by atoms with Crippen LogP contribution in [0.2, 0.25) is 5.02 Å². The zero-order valence-corrected chi connectivity index (χ0v) is 21.3. The van der Waals surface area contributed by atoms with E-state index in [1.54, 1.807) is 37.4 Å². The van der Waals surface area contributed by atoms with Gasteiger partial charge in [0.2, 0.25) is 0 Å². The third kappa shape index (κ3) is 6.65. The molecular formula is C25H24BrClN2O5. The largest absolute Gasteiger partial charge is 0.493 e. The molecule has 3 rings (SSSR count). The summed E-state index contributed by atoms with van der Waals surface area (Å²) in [5, 5.41) is 4.39. The Hall–Kier alpha value is -3.23. The average Bonchev–Trinajstić information content (AvgIpc) is 2.84. The summed E-state index contributed by atoms with van der Waals surface area (Å²) in [4.78, 5) is 12.5. The van der Waals surface area contributed by atoms with Crippen molar-refractivity contribution in [2.75, 3.05) is 20.8 Å². The van der Waals surface area contributed by atoms with Crippen molar-refractivity contribution < 1.29 is 23.7 Å². The molecule has 0 aliphatic rings. The molecule has 0 spiro atoms. The number of hydrogen-bond donors (Lipinski definition) is 1. The van der Waals surface area contributed by atoms with Crippen LogP contribution >= 0.6 is 27.5 Å². The summed E-state index contributed by atoms with van der Waals surface area (Å²) in [6, 6.07) is 16.1. The molecule has 1 amide bonds. The molecule has 178 valence electrons. The Morgan fingerprint density at radius 1 is 1.00 bits per heavy atom. The summed E-state index contributed by atoms with van der Waals surface area (Å²) < 4.78 is 23.1. The second kappa shape index (κ2) is 12.3. The summed E-state index contributed by atoms with van der Waals surface area (Å²) >= 11 is 9.84. The van der Waals surface area contributed by atoms with Crippen molar-refractivity contribution in [3.05, 3.63) is 80.8 Å². The van der Waals surface area contributed by atoms with Crippen LogP contribution in [0.4, 0.5) is 0 Å². The fourth-order valence-corrected chi connectivity index (χ4v) is 3.54. The zero-order chi connectivity index (χ0) is 24.5. The predicted molar refractivity (Wildman–Crippen MR) is 136 cm³/mol. The second-order valence-electron chi connectivity index (χ2n) is 6.95. The van der Waals surface area contributed by atoms with Gasteiger partial charge in [-0.05, 0) is 60.5 Å². The number of carbonyl (C=O) groups is 1. The number of halogens is 2. The molecule has 3 aromatic rings. The molecule has 0 aliphatic heterocycles. The van der Waals surface area contributed by atoms with E-state index < -0.39 is 5.91 Å². The van der Waals surface area contributed by atoms with E-state index in [2.05, 4.69) is 26.5 Å². The SMILES string of the molecule is CCOc1cc(C(=O)N/N=C/c2cc(Cl)c(OCc3ccc(Br)cc3)c(OC)c2)ccc1OC. The zero-order valence-electron chi connectivity index (χ0n) is 18.9. The molecule has 1 N–H and O–H groups in total. The van der Waals surface area contributed by atoms with Gasteiger partial charge in [-0.2, -0.15) is 5.10 Å². The maximum Gasteiger partial charge on any atom is 0.271 e. The van der Waals surface area contributed by atoms with E-state index in [1.807, 2.05) is 31.2 Å². The number of hydrogen-bond acceptors (Lipinski definition) is 6. The van der Waals surface area contributed by atoms with E-state index in [0.29, 0.717) is 52.4 Å². The Balaban J connectivity index is 1.68. The molecule has 3 aromatic carbocycles. The minimum atomic E-state index is -0.396. The number of nitrogens with one attached hydrogen (secondary N) is 1. The lowest BCUT2D eigenvalue weighted by Crippen LogP contribution is -2.17. The van der Waals surface area contributed by atoms with E-state index in [-0.39, 0.29) is 0 Å². The highest BCUT2D eigenvalue weighted by Gasteiger charge is 2.13. The monoisotopic (exact) mass is 546 g/mol. The normalized spacial score (nSPS) is 10.7. The van der Waals surface area contributed by atoms with Crippen LogP contribution in [-0.4, -0.2) is 32.9 Å². The molecule has 7 nitrogen and oxygen atoms in total. The molecular weight excluding hydrogens is 524 g/mol. The second-order valence-corrected chi connectivity index (χ2v) is 8.27. The Labute approximate surface area is 211 Å². The Bertz CT molecular complexity index is 1170. The number of carbonyl (C=O) groups excluding carboxylic acids is 1. The first-order chi connectivity index (χ1) is 16.4. The first kappa shape index (κ1) is 25.4. The Morgan fingerprint density at radius 3 is 2.41 bits per heavy atom. The van der Waals surface area contributed by atoms with Gasteiger partial charge in [-0.25, -0.2) is 5.43 Å². The smallest absolute Gasteiger partial charge is 0.271 e. The first-order valence-corrected chi connectivity index (χ1v) is 11.5. The van der Waals surface area contributed by atoms with Gasteiger partial charge >= 0.3 is 0 Å². The maximum atomic E-state index is 12.5. The van der Waals surface area contributed by atoms with Crippen LogP contribution in [0.25, 0.3) is 0 Å². The van der Waals surface area contributed by atoms with Gasteiger partial charge < -0.3 is 18.9 Å². The van der Waals surface area contributed by atoms with Crippen molar-refractivity contribution in [3.8, 4) is 23.0 Å². The number of methoxy groups -OCH3 is 2. The summed E-state index contributed by atoms with van der Waals surface area (Å²) in [5.41, 5.74) is 4.49. The molecule has 0 aliphatic carbocycles. The molecule has 0 heterocycles. The van der Waals surface area contributed by atoms with E-state index in [0.717, 1.165) is 10.0 Å². The van der Waals surface area contributed by atoms with E-state index in [1.165, 1.54) is 13.3 Å². The van der Waals surface area contributed by atoms with Gasteiger partial charge in [0.05, 0.1) is 32.1 Å². The van der Waals surface area contributed by atoms with Crippen LogP contribution < -0.4 is 24.4 Å². The highest BCUT2D eigenvalue weighted by Crippen LogP contribution is 2.36. The van der Waals surface area contributed by atoms with Crippen molar-refractivity contribution in [1.29, 1.82) is 0 Å². The van der Waals surface area contributed by atoms with Crippen LogP contribution in [0, 0.1) is 0 Å². The molecule has 0 saturated heterocycles. The molecule has 0 atom stereocenters. The highest BCUT2D eigenvalue weighted by molar-refractivity contribution is 9.10. The quantitative estimate of drug-likeness (QED) is 0.254. The minimum absolute atomic E-state index is 0.332. The lowest BCUT2D eigenvalue weighted by Gasteiger charge is -2.13. The van der Waals surface area contributed by atoms with Crippen LogP contribution in [0.1, 0.15) is 28.4 Å². The number of nitrogens with zero attached hydrogens (tertiary/aromatic N) is 1.